The maximum absolute atomic E-state index is 11.6. The maximum atomic E-state index is 11.6. The van der Waals surface area contributed by atoms with E-state index < -0.39 is 0 Å². The largest absolute Gasteiger partial charge is 0.355 e. The summed E-state index contributed by atoms with van der Waals surface area (Å²) in [6, 6.07) is 1.96. The van der Waals surface area contributed by atoms with Crippen molar-refractivity contribution in [3.05, 3.63) is 17.8 Å². The van der Waals surface area contributed by atoms with Gasteiger partial charge < -0.3 is 5.32 Å². The van der Waals surface area contributed by atoms with Gasteiger partial charge in [0.25, 0.3) is 0 Å². The third-order valence-corrected chi connectivity index (χ3v) is 4.29. The van der Waals surface area contributed by atoms with Crippen LogP contribution in [-0.2, 0) is 4.79 Å². The highest BCUT2D eigenvalue weighted by Gasteiger charge is 2.08. The molecule has 2 aromatic heterocycles. The minimum Gasteiger partial charge on any atom is -0.355 e. The molecule has 1 N–H and O–H groups in total. The molecule has 0 aliphatic heterocycles. The fourth-order valence-corrected chi connectivity index (χ4v) is 3.15. The molecule has 4 nitrogen and oxygen atoms in total. The molecule has 96 valence electrons. The Hall–Kier alpha value is -1.14. The highest BCUT2D eigenvalue weighted by molar-refractivity contribution is 8.00. The molecule has 0 radical (unpaired) electrons. The summed E-state index contributed by atoms with van der Waals surface area (Å²) in [5.74, 6) is 0.926. The quantitative estimate of drug-likeness (QED) is 0.676. The van der Waals surface area contributed by atoms with Gasteiger partial charge in [0.1, 0.15) is 11.4 Å². The van der Waals surface area contributed by atoms with Crippen LogP contribution in [0.1, 0.15) is 13.8 Å². The van der Waals surface area contributed by atoms with Crippen molar-refractivity contribution in [3.8, 4) is 0 Å². The Labute approximate surface area is 114 Å². The van der Waals surface area contributed by atoms with Crippen molar-refractivity contribution < 1.29 is 4.79 Å². The summed E-state index contributed by atoms with van der Waals surface area (Å²) in [6.07, 6.45) is 1.55. The van der Waals surface area contributed by atoms with E-state index in [9.17, 15) is 4.79 Å². The highest BCUT2D eigenvalue weighted by Crippen LogP contribution is 2.28. The van der Waals surface area contributed by atoms with Gasteiger partial charge in [0, 0.05) is 6.54 Å². The third kappa shape index (κ3) is 3.43. The first-order valence-corrected chi connectivity index (χ1v) is 7.61. The Kier molecular flexibility index (Phi) is 4.54. The topological polar surface area (TPSA) is 54.9 Å². The van der Waals surface area contributed by atoms with Crippen molar-refractivity contribution in [1.29, 1.82) is 0 Å². The van der Waals surface area contributed by atoms with Crippen LogP contribution in [-0.4, -0.2) is 28.2 Å². The molecule has 0 spiro atoms. The fraction of sp³-hybridized carbons (Fsp3) is 0.417. The van der Waals surface area contributed by atoms with E-state index in [1.807, 2.05) is 11.4 Å². The van der Waals surface area contributed by atoms with Gasteiger partial charge in [-0.05, 0) is 17.4 Å². The van der Waals surface area contributed by atoms with Crippen molar-refractivity contribution in [2.75, 3.05) is 12.3 Å². The normalized spacial score (nSPS) is 11.1. The molecule has 2 aromatic rings. The van der Waals surface area contributed by atoms with E-state index in [1.54, 1.807) is 17.7 Å². The molecule has 18 heavy (non-hydrogen) atoms. The molecule has 0 fully saturated rings. The molecule has 0 atom stereocenters. The van der Waals surface area contributed by atoms with Crippen LogP contribution in [0.3, 0.4) is 0 Å². The SMILES string of the molecule is CC(C)CNC(=O)CSc1ncnc2ccsc12. The summed E-state index contributed by atoms with van der Waals surface area (Å²) in [7, 11) is 0. The van der Waals surface area contributed by atoms with Gasteiger partial charge in [-0.3, -0.25) is 4.79 Å². The number of thioether (sulfide) groups is 1. The molecule has 1 amide bonds. The fourth-order valence-electron chi connectivity index (χ4n) is 1.37. The summed E-state index contributed by atoms with van der Waals surface area (Å²) in [6.45, 7) is 4.87. The van der Waals surface area contributed by atoms with Gasteiger partial charge in [-0.2, -0.15) is 0 Å². The van der Waals surface area contributed by atoms with Crippen LogP contribution in [0.15, 0.2) is 22.8 Å². The van der Waals surface area contributed by atoms with Crippen LogP contribution in [0.5, 0.6) is 0 Å². The monoisotopic (exact) mass is 281 g/mol. The van der Waals surface area contributed by atoms with Gasteiger partial charge in [-0.15, -0.1) is 11.3 Å². The summed E-state index contributed by atoms with van der Waals surface area (Å²) in [5.41, 5.74) is 0.945. The number of amides is 1. The number of hydrogen-bond acceptors (Lipinski definition) is 5. The van der Waals surface area contributed by atoms with Gasteiger partial charge in [0.2, 0.25) is 5.91 Å². The van der Waals surface area contributed by atoms with Gasteiger partial charge in [0.15, 0.2) is 0 Å². The Morgan fingerprint density at radius 1 is 1.50 bits per heavy atom. The van der Waals surface area contributed by atoms with E-state index >= 15 is 0 Å². The van der Waals surface area contributed by atoms with E-state index in [4.69, 9.17) is 0 Å². The number of hydrogen-bond donors (Lipinski definition) is 1. The molecule has 0 saturated carbocycles. The number of carbonyl (C=O) groups excluding carboxylic acids is 1. The van der Waals surface area contributed by atoms with Crippen molar-refractivity contribution in [3.63, 3.8) is 0 Å². The molecular weight excluding hydrogens is 266 g/mol. The van der Waals surface area contributed by atoms with E-state index in [0.717, 1.165) is 21.8 Å². The van der Waals surface area contributed by atoms with Crippen molar-refractivity contribution in [1.82, 2.24) is 15.3 Å². The van der Waals surface area contributed by atoms with Crippen molar-refractivity contribution in [2.24, 2.45) is 5.92 Å². The first-order chi connectivity index (χ1) is 8.66. The number of fused-ring (bicyclic) bond motifs is 1. The lowest BCUT2D eigenvalue weighted by Crippen LogP contribution is -2.28. The molecule has 0 bridgehead atoms. The molecule has 0 aliphatic rings. The molecule has 6 heteroatoms. The second-order valence-corrected chi connectivity index (χ2v) is 6.18. The highest BCUT2D eigenvalue weighted by atomic mass is 32.2. The summed E-state index contributed by atoms with van der Waals surface area (Å²) in [4.78, 5) is 20.0. The number of carbonyl (C=O) groups is 1. The number of rotatable bonds is 5. The molecular formula is C12H15N3OS2. The average Bonchev–Trinajstić information content (AvgIpc) is 2.82. The van der Waals surface area contributed by atoms with Crippen LogP contribution >= 0.6 is 23.1 Å². The Morgan fingerprint density at radius 2 is 2.33 bits per heavy atom. The average molecular weight is 281 g/mol. The van der Waals surface area contributed by atoms with Crippen LogP contribution in [0.25, 0.3) is 10.2 Å². The van der Waals surface area contributed by atoms with E-state index in [1.165, 1.54) is 11.8 Å². The molecule has 0 saturated heterocycles. The predicted molar refractivity (Wildman–Crippen MR) is 76.0 cm³/mol. The first kappa shape index (κ1) is 13.3. The second-order valence-electron chi connectivity index (χ2n) is 4.30. The molecule has 0 unspecified atom stereocenters. The molecule has 0 aromatic carbocycles. The second kappa shape index (κ2) is 6.15. The number of nitrogens with zero attached hydrogens (tertiary/aromatic N) is 2. The lowest BCUT2D eigenvalue weighted by atomic mass is 10.2. The lowest BCUT2D eigenvalue weighted by molar-refractivity contribution is -0.118. The number of thiophene rings is 1. The first-order valence-electron chi connectivity index (χ1n) is 5.74. The Balaban J connectivity index is 1.94. The lowest BCUT2D eigenvalue weighted by Gasteiger charge is -2.07. The van der Waals surface area contributed by atoms with E-state index in [-0.39, 0.29) is 5.91 Å². The summed E-state index contributed by atoms with van der Waals surface area (Å²) in [5, 5.41) is 5.77. The van der Waals surface area contributed by atoms with Crippen LogP contribution < -0.4 is 5.32 Å². The minimum absolute atomic E-state index is 0.0528. The Morgan fingerprint density at radius 3 is 3.11 bits per heavy atom. The molecule has 0 aliphatic carbocycles. The van der Waals surface area contributed by atoms with Gasteiger partial charge in [-0.25, -0.2) is 9.97 Å². The van der Waals surface area contributed by atoms with Gasteiger partial charge >= 0.3 is 0 Å². The Bertz CT molecular complexity index is 539. The minimum atomic E-state index is 0.0528. The van der Waals surface area contributed by atoms with Crippen LogP contribution in [0, 0.1) is 5.92 Å². The molecule has 2 heterocycles. The van der Waals surface area contributed by atoms with Crippen LogP contribution in [0.4, 0.5) is 0 Å². The van der Waals surface area contributed by atoms with Crippen molar-refractivity contribution in [2.45, 2.75) is 18.9 Å². The predicted octanol–water partition coefficient (Wildman–Crippen LogP) is 2.56. The maximum Gasteiger partial charge on any atom is 0.230 e. The summed E-state index contributed by atoms with van der Waals surface area (Å²) < 4.78 is 1.05. The number of aromatic nitrogens is 2. The van der Waals surface area contributed by atoms with E-state index in [0.29, 0.717) is 11.7 Å². The van der Waals surface area contributed by atoms with Crippen molar-refractivity contribution >= 4 is 39.2 Å². The molecule has 2 rings (SSSR count). The number of nitrogens with one attached hydrogen (secondary N) is 1. The van der Waals surface area contributed by atoms with Gasteiger partial charge in [0.05, 0.1) is 16.0 Å². The zero-order valence-electron chi connectivity index (χ0n) is 10.3. The van der Waals surface area contributed by atoms with Gasteiger partial charge in [-0.1, -0.05) is 25.6 Å². The zero-order valence-corrected chi connectivity index (χ0v) is 12.0. The van der Waals surface area contributed by atoms with E-state index in [2.05, 4.69) is 29.1 Å². The zero-order chi connectivity index (χ0) is 13.0. The smallest absolute Gasteiger partial charge is 0.230 e. The summed E-state index contributed by atoms with van der Waals surface area (Å²) >= 11 is 3.07. The standard InChI is InChI=1S/C12H15N3OS2/c1-8(2)5-13-10(16)6-18-12-11-9(3-4-17-11)14-7-15-12/h3-4,7-8H,5-6H2,1-2H3,(H,13,16). The van der Waals surface area contributed by atoms with Crippen LogP contribution in [0.2, 0.25) is 0 Å². The third-order valence-electron chi connectivity index (χ3n) is 2.26.